The van der Waals surface area contributed by atoms with E-state index in [-0.39, 0.29) is 11.8 Å². The molecule has 1 aliphatic heterocycles. The van der Waals surface area contributed by atoms with Gasteiger partial charge in [0.15, 0.2) is 5.75 Å². The van der Waals surface area contributed by atoms with Crippen molar-refractivity contribution in [2.75, 3.05) is 10.2 Å². The molecule has 2 amide bonds. The maximum Gasteiger partial charge on any atom is 0.260 e. The summed E-state index contributed by atoms with van der Waals surface area (Å²) in [5.74, 6) is 0.690. The Balaban J connectivity index is 1.40. The molecule has 0 fully saturated rings. The number of nitrogens with zero attached hydrogens (tertiary/aromatic N) is 3. The van der Waals surface area contributed by atoms with Crippen LogP contribution in [0.3, 0.4) is 0 Å². The first-order valence-electron chi connectivity index (χ1n) is 10.1. The highest BCUT2D eigenvalue weighted by atomic mass is 35.5. The molecule has 0 atom stereocenters. The van der Waals surface area contributed by atoms with Crippen LogP contribution < -0.4 is 15.0 Å². The first kappa shape index (κ1) is 20.7. The molecule has 5 rings (SSSR count). The number of anilines is 2. The normalized spacial score (nSPS) is 12.1. The molecule has 0 saturated heterocycles. The van der Waals surface area contributed by atoms with Gasteiger partial charge in [0.05, 0.1) is 28.4 Å². The maximum atomic E-state index is 13.4. The van der Waals surface area contributed by atoms with Gasteiger partial charge < -0.3 is 15.0 Å². The van der Waals surface area contributed by atoms with Gasteiger partial charge in [-0.15, -0.1) is 0 Å². The molecule has 8 heteroatoms. The number of nitrogens with one attached hydrogen (secondary N) is 1. The second kappa shape index (κ2) is 8.72. The van der Waals surface area contributed by atoms with Crippen LogP contribution in [-0.4, -0.2) is 21.8 Å². The third-order valence-electron chi connectivity index (χ3n) is 5.16. The molecule has 162 valence electrons. The van der Waals surface area contributed by atoms with E-state index < -0.39 is 0 Å². The van der Waals surface area contributed by atoms with E-state index in [2.05, 4.69) is 15.3 Å². The molecule has 0 radical (unpaired) electrons. The molecule has 1 aliphatic rings. The molecule has 7 nitrogen and oxygen atoms in total. The second-order valence-corrected chi connectivity index (χ2v) is 7.70. The number of para-hydroxylation sites is 2. The third-order valence-corrected chi connectivity index (χ3v) is 5.49. The fraction of sp³-hybridized carbons (Fsp3) is 0.0400. The summed E-state index contributed by atoms with van der Waals surface area (Å²) in [5, 5.41) is 3.04. The molecule has 3 heterocycles. The van der Waals surface area contributed by atoms with E-state index in [1.807, 2.05) is 24.3 Å². The molecule has 0 aliphatic carbocycles. The van der Waals surface area contributed by atoms with Crippen LogP contribution in [0.4, 0.5) is 11.5 Å². The summed E-state index contributed by atoms with van der Waals surface area (Å²) in [4.78, 5) is 36.1. The lowest BCUT2D eigenvalue weighted by Gasteiger charge is -2.22. The second-order valence-electron chi connectivity index (χ2n) is 7.29. The van der Waals surface area contributed by atoms with Crippen LogP contribution in [0.1, 0.15) is 26.3 Å². The Hall–Kier alpha value is -4.23. The Kier molecular flexibility index (Phi) is 5.46. The molecule has 0 saturated carbocycles. The first-order chi connectivity index (χ1) is 16.1. The van der Waals surface area contributed by atoms with Gasteiger partial charge in [-0.05, 0) is 42.5 Å². The Morgan fingerprint density at radius 2 is 1.76 bits per heavy atom. The van der Waals surface area contributed by atoms with E-state index in [1.165, 1.54) is 6.20 Å². The lowest BCUT2D eigenvalue weighted by Crippen LogP contribution is -2.30. The predicted molar refractivity (Wildman–Crippen MR) is 125 cm³/mol. The van der Waals surface area contributed by atoms with Crippen molar-refractivity contribution in [3.05, 3.63) is 107 Å². The highest BCUT2D eigenvalue weighted by Gasteiger charge is 2.26. The molecule has 0 unspecified atom stereocenters. The van der Waals surface area contributed by atoms with Crippen LogP contribution in [0.25, 0.3) is 0 Å². The number of carbonyl (C=O) groups is 2. The topological polar surface area (TPSA) is 84.4 Å². The molecular formula is C25H17ClN4O3. The molecule has 0 spiro atoms. The Morgan fingerprint density at radius 3 is 2.58 bits per heavy atom. The predicted octanol–water partition coefficient (Wildman–Crippen LogP) is 5.34. The summed E-state index contributed by atoms with van der Waals surface area (Å²) in [6.45, 7) is 0.296. The number of amides is 2. The zero-order valence-electron chi connectivity index (χ0n) is 17.2. The van der Waals surface area contributed by atoms with Crippen molar-refractivity contribution >= 4 is 34.9 Å². The summed E-state index contributed by atoms with van der Waals surface area (Å²) in [6.07, 6.45) is 3.08. The van der Waals surface area contributed by atoms with Gasteiger partial charge >= 0.3 is 0 Å². The lowest BCUT2D eigenvalue weighted by atomic mass is 10.1. The minimum absolute atomic E-state index is 0.251. The minimum atomic E-state index is -0.380. The van der Waals surface area contributed by atoms with E-state index in [4.69, 9.17) is 16.3 Å². The van der Waals surface area contributed by atoms with Crippen LogP contribution >= 0.6 is 11.6 Å². The number of pyridine rings is 2. The molecule has 4 aromatic rings. The highest BCUT2D eigenvalue weighted by Crippen LogP contribution is 2.38. The molecule has 33 heavy (non-hydrogen) atoms. The molecule has 2 aromatic heterocycles. The Morgan fingerprint density at radius 1 is 0.939 bits per heavy atom. The van der Waals surface area contributed by atoms with Gasteiger partial charge in [0.1, 0.15) is 5.82 Å². The fourth-order valence-corrected chi connectivity index (χ4v) is 3.74. The average Bonchev–Trinajstić information content (AvgIpc) is 3.01. The van der Waals surface area contributed by atoms with Gasteiger partial charge in [-0.2, -0.15) is 0 Å². The molecule has 1 N–H and O–H groups in total. The monoisotopic (exact) mass is 456 g/mol. The third kappa shape index (κ3) is 4.14. The zero-order chi connectivity index (χ0) is 22.8. The number of hydrogen-bond acceptors (Lipinski definition) is 5. The van der Waals surface area contributed by atoms with Crippen LogP contribution in [-0.2, 0) is 6.54 Å². The van der Waals surface area contributed by atoms with Crippen molar-refractivity contribution in [1.29, 1.82) is 0 Å². The molecule has 0 bridgehead atoms. The van der Waals surface area contributed by atoms with Crippen LogP contribution in [0.15, 0.2) is 85.2 Å². The summed E-state index contributed by atoms with van der Waals surface area (Å²) in [7, 11) is 0. The van der Waals surface area contributed by atoms with E-state index >= 15 is 0 Å². The van der Waals surface area contributed by atoms with Crippen LogP contribution in [0, 0.1) is 0 Å². The van der Waals surface area contributed by atoms with Gasteiger partial charge in [-0.3, -0.25) is 9.59 Å². The minimum Gasteiger partial charge on any atom is -0.436 e. The summed E-state index contributed by atoms with van der Waals surface area (Å²) in [6, 6.07) is 20.9. The quantitative estimate of drug-likeness (QED) is 0.450. The van der Waals surface area contributed by atoms with E-state index in [1.54, 1.807) is 59.6 Å². The Bertz CT molecular complexity index is 1360. The lowest BCUT2D eigenvalue weighted by molar-refractivity contribution is 0.0984. The average molecular weight is 457 g/mol. The van der Waals surface area contributed by atoms with Gasteiger partial charge in [0, 0.05) is 18.0 Å². The van der Waals surface area contributed by atoms with Crippen molar-refractivity contribution < 1.29 is 14.3 Å². The number of fused-ring (bicyclic) bond motifs is 2. The van der Waals surface area contributed by atoms with Crippen molar-refractivity contribution in [2.24, 2.45) is 0 Å². The molecule has 2 aromatic carbocycles. The standard InChI is InChI=1S/C25H17ClN4O3/c26-19-8-2-1-7-18(19)23(31)29-22-12-11-16(14-28-22)25(32)30-15-17-6-5-13-27-24(17)33-21-10-4-3-9-20(21)30/h1-14H,15H2,(H,28,29,31). The summed E-state index contributed by atoms with van der Waals surface area (Å²) >= 11 is 6.08. The van der Waals surface area contributed by atoms with Crippen molar-refractivity contribution in [2.45, 2.75) is 6.54 Å². The number of ether oxygens (including phenoxy) is 1. The van der Waals surface area contributed by atoms with Gasteiger partial charge in [0.2, 0.25) is 5.88 Å². The SMILES string of the molecule is O=C(Nc1ccc(C(=O)N2Cc3cccnc3Oc3ccccc32)cn1)c1ccccc1Cl. The highest BCUT2D eigenvalue weighted by molar-refractivity contribution is 6.34. The fourth-order valence-electron chi connectivity index (χ4n) is 3.52. The van der Waals surface area contributed by atoms with Gasteiger partial charge in [-0.25, -0.2) is 9.97 Å². The Labute approximate surface area is 194 Å². The van der Waals surface area contributed by atoms with Crippen molar-refractivity contribution in [3.8, 4) is 11.6 Å². The largest absolute Gasteiger partial charge is 0.436 e. The van der Waals surface area contributed by atoms with Crippen LogP contribution in [0.2, 0.25) is 5.02 Å². The summed E-state index contributed by atoms with van der Waals surface area (Å²) < 4.78 is 5.95. The number of benzene rings is 2. The number of halogens is 1. The number of rotatable bonds is 3. The van der Waals surface area contributed by atoms with Gasteiger partial charge in [-0.1, -0.05) is 41.9 Å². The first-order valence-corrected chi connectivity index (χ1v) is 10.5. The van der Waals surface area contributed by atoms with E-state index in [9.17, 15) is 9.59 Å². The number of carbonyl (C=O) groups excluding carboxylic acids is 2. The van der Waals surface area contributed by atoms with Crippen LogP contribution in [0.5, 0.6) is 11.6 Å². The van der Waals surface area contributed by atoms with E-state index in [0.29, 0.717) is 45.8 Å². The maximum absolute atomic E-state index is 13.4. The number of aromatic nitrogens is 2. The molecular weight excluding hydrogens is 440 g/mol. The van der Waals surface area contributed by atoms with Gasteiger partial charge in [0.25, 0.3) is 11.8 Å². The zero-order valence-corrected chi connectivity index (χ0v) is 18.0. The van der Waals surface area contributed by atoms with E-state index in [0.717, 1.165) is 5.56 Å². The van der Waals surface area contributed by atoms with Crippen molar-refractivity contribution in [1.82, 2.24) is 9.97 Å². The summed E-state index contributed by atoms with van der Waals surface area (Å²) in [5.41, 5.74) is 2.14. The smallest absolute Gasteiger partial charge is 0.260 e. The number of hydrogen-bond donors (Lipinski definition) is 1. The van der Waals surface area contributed by atoms with Crippen molar-refractivity contribution in [3.63, 3.8) is 0 Å².